The van der Waals surface area contributed by atoms with E-state index in [-0.39, 0.29) is 5.56 Å². The highest BCUT2D eigenvalue weighted by atomic mass is 35.5. The Morgan fingerprint density at radius 3 is 2.22 bits per heavy atom. The van der Waals surface area contributed by atoms with Crippen molar-refractivity contribution in [2.75, 3.05) is 0 Å². The van der Waals surface area contributed by atoms with Crippen molar-refractivity contribution in [1.29, 1.82) is 0 Å². The highest BCUT2D eigenvalue weighted by molar-refractivity contribution is 6.32. The molecule has 4 rings (SSSR count). The number of benzene rings is 3. The van der Waals surface area contributed by atoms with E-state index in [2.05, 4.69) is 4.98 Å². The molecule has 0 radical (unpaired) electrons. The fourth-order valence-corrected chi connectivity index (χ4v) is 3.32. The Balaban J connectivity index is 1.99. The zero-order chi connectivity index (χ0) is 18.8. The number of rotatable bonds is 3. The Bertz CT molecular complexity index is 1230. The van der Waals surface area contributed by atoms with Gasteiger partial charge in [-0.05, 0) is 48.0 Å². The standard InChI is InChI=1S/C22H14Cl2N2O/c23-17-9-3-1-7-15(17)13-14-21-25-19-11-5-2-8-16(19)22(27)26(21)20-12-6-4-10-18(20)24/h1-14H/b14-13+. The zero-order valence-electron chi connectivity index (χ0n) is 14.1. The van der Waals surface area contributed by atoms with E-state index in [0.29, 0.717) is 32.5 Å². The van der Waals surface area contributed by atoms with Gasteiger partial charge >= 0.3 is 0 Å². The summed E-state index contributed by atoms with van der Waals surface area (Å²) in [5.74, 6) is 0.478. The summed E-state index contributed by atoms with van der Waals surface area (Å²) in [5, 5.41) is 1.64. The first-order chi connectivity index (χ1) is 13.1. The van der Waals surface area contributed by atoms with Crippen LogP contribution < -0.4 is 5.56 Å². The third kappa shape index (κ3) is 3.39. The maximum absolute atomic E-state index is 13.2. The van der Waals surface area contributed by atoms with Gasteiger partial charge < -0.3 is 0 Å². The van der Waals surface area contributed by atoms with Crippen molar-refractivity contribution < 1.29 is 0 Å². The molecule has 1 aromatic heterocycles. The number of nitrogens with zero attached hydrogens (tertiary/aromatic N) is 2. The maximum atomic E-state index is 13.2. The largest absolute Gasteiger partial charge is 0.268 e. The number of aromatic nitrogens is 2. The molecule has 1 heterocycles. The second kappa shape index (κ2) is 7.39. The van der Waals surface area contributed by atoms with E-state index in [1.807, 2.05) is 60.7 Å². The van der Waals surface area contributed by atoms with Gasteiger partial charge in [-0.25, -0.2) is 4.98 Å². The van der Waals surface area contributed by atoms with Crippen molar-refractivity contribution >= 4 is 46.3 Å². The fraction of sp³-hybridized carbons (Fsp3) is 0. The number of hydrogen-bond donors (Lipinski definition) is 0. The minimum atomic E-state index is -0.174. The lowest BCUT2D eigenvalue weighted by Gasteiger charge is -2.12. The molecule has 0 aliphatic carbocycles. The molecular formula is C22H14Cl2N2O. The lowest BCUT2D eigenvalue weighted by molar-refractivity contribution is 0.944. The second-order valence-corrected chi connectivity index (χ2v) is 6.75. The fourth-order valence-electron chi connectivity index (χ4n) is 2.90. The predicted molar refractivity (Wildman–Crippen MR) is 113 cm³/mol. The summed E-state index contributed by atoms with van der Waals surface area (Å²) < 4.78 is 1.53. The van der Waals surface area contributed by atoms with Crippen molar-refractivity contribution in [3.05, 3.63) is 105 Å². The summed E-state index contributed by atoms with van der Waals surface area (Å²) in [6.07, 6.45) is 3.62. The van der Waals surface area contributed by atoms with Crippen LogP contribution in [0.25, 0.3) is 28.7 Å². The molecule has 3 aromatic carbocycles. The Morgan fingerprint density at radius 2 is 1.44 bits per heavy atom. The van der Waals surface area contributed by atoms with Crippen LogP contribution in [0.3, 0.4) is 0 Å². The Kier molecular flexibility index (Phi) is 4.80. The lowest BCUT2D eigenvalue weighted by Crippen LogP contribution is -2.22. The van der Waals surface area contributed by atoms with Gasteiger partial charge in [-0.2, -0.15) is 0 Å². The Morgan fingerprint density at radius 1 is 0.778 bits per heavy atom. The minimum Gasteiger partial charge on any atom is -0.268 e. The number of halogens is 2. The lowest BCUT2D eigenvalue weighted by atomic mass is 10.2. The molecule has 0 unspecified atom stereocenters. The summed E-state index contributed by atoms with van der Waals surface area (Å²) in [6.45, 7) is 0. The van der Waals surface area contributed by atoms with Crippen molar-refractivity contribution in [1.82, 2.24) is 9.55 Å². The van der Waals surface area contributed by atoms with Gasteiger partial charge in [-0.1, -0.05) is 65.7 Å². The van der Waals surface area contributed by atoms with Crippen molar-refractivity contribution in [2.45, 2.75) is 0 Å². The van der Waals surface area contributed by atoms with E-state index < -0.39 is 0 Å². The molecule has 0 atom stereocenters. The molecule has 0 fully saturated rings. The van der Waals surface area contributed by atoms with Gasteiger partial charge in [0.25, 0.3) is 5.56 Å². The van der Waals surface area contributed by atoms with E-state index >= 15 is 0 Å². The molecule has 3 nitrogen and oxygen atoms in total. The van der Waals surface area contributed by atoms with Crippen LogP contribution in [-0.4, -0.2) is 9.55 Å². The normalized spacial score (nSPS) is 11.3. The van der Waals surface area contributed by atoms with Gasteiger partial charge in [-0.15, -0.1) is 0 Å². The van der Waals surface area contributed by atoms with E-state index in [4.69, 9.17) is 23.2 Å². The van der Waals surface area contributed by atoms with Gasteiger partial charge in [0, 0.05) is 5.02 Å². The number of para-hydroxylation sites is 2. The molecule has 0 aliphatic rings. The van der Waals surface area contributed by atoms with E-state index in [1.54, 1.807) is 24.3 Å². The van der Waals surface area contributed by atoms with Crippen molar-refractivity contribution in [3.8, 4) is 5.69 Å². The molecule has 4 aromatic rings. The van der Waals surface area contributed by atoms with Crippen LogP contribution in [0.5, 0.6) is 0 Å². The average molecular weight is 393 g/mol. The van der Waals surface area contributed by atoms with Gasteiger partial charge in [0.15, 0.2) is 0 Å². The molecule has 0 saturated heterocycles. The molecule has 0 amide bonds. The maximum Gasteiger partial charge on any atom is 0.266 e. The summed E-state index contributed by atoms with van der Waals surface area (Å²) in [4.78, 5) is 17.9. The third-order valence-corrected chi connectivity index (χ3v) is 4.88. The van der Waals surface area contributed by atoms with E-state index in [1.165, 1.54) is 4.57 Å². The topological polar surface area (TPSA) is 34.9 Å². The van der Waals surface area contributed by atoms with Gasteiger partial charge in [-0.3, -0.25) is 9.36 Å². The first-order valence-corrected chi connectivity index (χ1v) is 9.10. The van der Waals surface area contributed by atoms with Crippen molar-refractivity contribution in [2.24, 2.45) is 0 Å². The molecule has 0 saturated carbocycles. The van der Waals surface area contributed by atoms with E-state index in [9.17, 15) is 4.79 Å². The van der Waals surface area contributed by atoms with Crippen molar-refractivity contribution in [3.63, 3.8) is 0 Å². The first-order valence-electron chi connectivity index (χ1n) is 8.34. The second-order valence-electron chi connectivity index (χ2n) is 5.93. The average Bonchev–Trinajstić information content (AvgIpc) is 2.68. The van der Waals surface area contributed by atoms with Crippen LogP contribution in [-0.2, 0) is 0 Å². The highest BCUT2D eigenvalue weighted by Crippen LogP contribution is 2.23. The molecule has 0 bridgehead atoms. The van der Waals surface area contributed by atoms with Gasteiger partial charge in [0.2, 0.25) is 0 Å². The van der Waals surface area contributed by atoms with Crippen LogP contribution in [0, 0.1) is 0 Å². The quantitative estimate of drug-likeness (QED) is 0.437. The smallest absolute Gasteiger partial charge is 0.266 e. The molecule has 27 heavy (non-hydrogen) atoms. The summed E-state index contributed by atoms with van der Waals surface area (Å²) in [6, 6.07) is 22.0. The highest BCUT2D eigenvalue weighted by Gasteiger charge is 2.13. The van der Waals surface area contributed by atoms with Crippen LogP contribution in [0.15, 0.2) is 77.6 Å². The molecular weight excluding hydrogens is 379 g/mol. The molecule has 0 N–H and O–H groups in total. The monoisotopic (exact) mass is 392 g/mol. The molecule has 0 spiro atoms. The Labute approximate surface area is 166 Å². The summed E-state index contributed by atoms with van der Waals surface area (Å²) in [5.41, 5.74) is 1.88. The zero-order valence-corrected chi connectivity index (χ0v) is 15.7. The van der Waals surface area contributed by atoms with Gasteiger partial charge in [0.05, 0.1) is 21.6 Å². The van der Waals surface area contributed by atoms with Crippen LogP contribution >= 0.6 is 23.2 Å². The predicted octanol–water partition coefficient (Wildman–Crippen LogP) is 5.86. The van der Waals surface area contributed by atoms with Gasteiger partial charge in [0.1, 0.15) is 5.82 Å². The summed E-state index contributed by atoms with van der Waals surface area (Å²) >= 11 is 12.6. The summed E-state index contributed by atoms with van der Waals surface area (Å²) in [7, 11) is 0. The van der Waals surface area contributed by atoms with Crippen LogP contribution in [0.2, 0.25) is 10.0 Å². The molecule has 0 aliphatic heterocycles. The van der Waals surface area contributed by atoms with Crippen LogP contribution in [0.1, 0.15) is 11.4 Å². The van der Waals surface area contributed by atoms with E-state index in [0.717, 1.165) is 5.56 Å². The minimum absolute atomic E-state index is 0.174. The number of fused-ring (bicyclic) bond motifs is 1. The SMILES string of the molecule is O=c1c2ccccc2nc(/C=C/c2ccccc2Cl)n1-c1ccccc1Cl. The van der Waals surface area contributed by atoms with Crippen LogP contribution in [0.4, 0.5) is 0 Å². The molecule has 132 valence electrons. The number of hydrogen-bond acceptors (Lipinski definition) is 2. The Hall–Kier alpha value is -2.88. The third-order valence-electron chi connectivity index (χ3n) is 4.21. The molecule has 5 heteroatoms. The first kappa shape index (κ1) is 17.5.